The smallest absolute Gasteiger partial charge is 0.341 e. The van der Waals surface area contributed by atoms with E-state index in [0.29, 0.717) is 26.2 Å². The molecule has 0 radical (unpaired) electrons. The highest BCUT2D eigenvalue weighted by Crippen LogP contribution is 2.44. The molecule has 0 spiro atoms. The molecule has 4 atom stereocenters. The summed E-state index contributed by atoms with van der Waals surface area (Å²) in [6.45, 7) is 2.17. The van der Waals surface area contributed by atoms with Gasteiger partial charge in [-0.15, -0.1) is 0 Å². The summed E-state index contributed by atoms with van der Waals surface area (Å²) in [6, 6.07) is 0.413. The highest BCUT2D eigenvalue weighted by Gasteiger charge is 2.42. The number of carbonyl (C=O) groups is 1. The molecule has 7 nitrogen and oxygen atoms in total. The number of alkyl halides is 1. The van der Waals surface area contributed by atoms with E-state index in [0.717, 1.165) is 12.3 Å². The predicted octanol–water partition coefficient (Wildman–Crippen LogP) is 1.95. The first-order chi connectivity index (χ1) is 13.9. The second-order valence-corrected chi connectivity index (χ2v) is 8.07. The Morgan fingerprint density at radius 2 is 2.14 bits per heavy atom. The van der Waals surface area contributed by atoms with Crippen molar-refractivity contribution in [2.45, 2.75) is 30.8 Å². The second-order valence-electron chi connectivity index (χ2n) is 7.70. The molecule has 1 aliphatic carbocycles. The van der Waals surface area contributed by atoms with Crippen LogP contribution in [0.15, 0.2) is 17.1 Å². The predicted molar refractivity (Wildman–Crippen MR) is 102 cm³/mol. The molecule has 2 saturated heterocycles. The van der Waals surface area contributed by atoms with Gasteiger partial charge in [0.25, 0.3) is 0 Å². The van der Waals surface area contributed by atoms with Crippen molar-refractivity contribution in [2.24, 2.45) is 0 Å². The maximum Gasteiger partial charge on any atom is 0.341 e. The van der Waals surface area contributed by atoms with E-state index in [-0.39, 0.29) is 40.2 Å². The fourth-order valence-electron chi connectivity index (χ4n) is 4.35. The Morgan fingerprint density at radius 1 is 1.38 bits per heavy atom. The molecule has 1 aromatic carbocycles. The number of fused-ring (bicyclic) bond motifs is 2. The van der Waals surface area contributed by atoms with Gasteiger partial charge in [-0.3, -0.25) is 4.79 Å². The highest BCUT2D eigenvalue weighted by molar-refractivity contribution is 6.38. The number of hydrogen-bond acceptors (Lipinski definition) is 5. The van der Waals surface area contributed by atoms with Gasteiger partial charge in [0.1, 0.15) is 17.6 Å². The molecular weight excluding hydrogens is 408 g/mol. The number of benzene rings is 1. The van der Waals surface area contributed by atoms with E-state index in [1.54, 1.807) is 4.90 Å². The number of rotatable bonds is 3. The van der Waals surface area contributed by atoms with Crippen LogP contribution in [0.25, 0.3) is 10.9 Å². The van der Waals surface area contributed by atoms with E-state index in [9.17, 15) is 19.1 Å². The van der Waals surface area contributed by atoms with Gasteiger partial charge in [0, 0.05) is 32.3 Å². The number of hydrogen-bond donors (Lipinski definition) is 2. The SMILES string of the molecule is O=C(O)c1cn([C@@H]2C[C@@H]2F)c2c(Cl)c(N3CC4NCCOC4C3)c(F)cc2c1=O. The molecule has 5 rings (SSSR count). The molecule has 29 heavy (non-hydrogen) atoms. The summed E-state index contributed by atoms with van der Waals surface area (Å²) in [4.78, 5) is 25.9. The van der Waals surface area contributed by atoms with Gasteiger partial charge in [0.05, 0.1) is 46.4 Å². The first-order valence-electron chi connectivity index (χ1n) is 9.41. The van der Waals surface area contributed by atoms with E-state index in [4.69, 9.17) is 16.3 Å². The topological polar surface area (TPSA) is 83.8 Å². The Kier molecular flexibility index (Phi) is 4.30. The number of ether oxygens (including phenoxy) is 1. The van der Waals surface area contributed by atoms with Crippen molar-refractivity contribution in [3.63, 3.8) is 0 Å². The Morgan fingerprint density at radius 3 is 2.79 bits per heavy atom. The number of nitrogens with one attached hydrogen (secondary N) is 1. The van der Waals surface area contributed by atoms with E-state index < -0.39 is 35.0 Å². The Labute approximate surface area is 168 Å². The molecule has 3 heterocycles. The zero-order valence-corrected chi connectivity index (χ0v) is 16.0. The lowest BCUT2D eigenvalue weighted by Crippen LogP contribution is -2.47. The number of anilines is 1. The molecule has 3 fully saturated rings. The fourth-order valence-corrected chi connectivity index (χ4v) is 4.76. The molecule has 2 aromatic rings. The average Bonchev–Trinajstić information content (AvgIpc) is 3.24. The lowest BCUT2D eigenvalue weighted by Gasteiger charge is -2.25. The molecule has 2 unspecified atom stereocenters. The number of halogens is 3. The molecular formula is C19H18ClF2N3O4. The summed E-state index contributed by atoms with van der Waals surface area (Å²) in [5.74, 6) is -2.17. The summed E-state index contributed by atoms with van der Waals surface area (Å²) in [5, 5.41) is 12.5. The van der Waals surface area contributed by atoms with Crippen molar-refractivity contribution in [1.82, 2.24) is 9.88 Å². The minimum atomic E-state index is -1.45. The Balaban J connectivity index is 1.70. The Hall–Kier alpha value is -2.23. The standard InChI is InChI=1S/C19H18ClF2N3O4/c20-15-16-8(18(26)9(19(27)28)5-25(16)13-4-10(13)21)3-11(22)17(15)24-6-12-14(7-24)29-2-1-23-12/h3,5,10,12-14,23H,1-2,4,6-7H2,(H,27,28)/t10-,12?,13+,14?/m0/s1. The fraction of sp³-hybridized carbons (Fsp3) is 0.474. The van der Waals surface area contributed by atoms with Gasteiger partial charge < -0.3 is 24.6 Å². The molecule has 10 heteroatoms. The van der Waals surface area contributed by atoms with Gasteiger partial charge in [0.2, 0.25) is 5.43 Å². The molecule has 3 aliphatic rings. The summed E-state index contributed by atoms with van der Waals surface area (Å²) in [6.07, 6.45) is 0.0228. The van der Waals surface area contributed by atoms with Crippen molar-refractivity contribution in [3.05, 3.63) is 38.9 Å². The third kappa shape index (κ3) is 2.91. The van der Waals surface area contributed by atoms with Crippen LogP contribution in [0.2, 0.25) is 5.02 Å². The largest absolute Gasteiger partial charge is 0.477 e. The monoisotopic (exact) mass is 425 g/mol. The third-order valence-corrected chi connectivity index (χ3v) is 6.23. The number of carboxylic acid groups (broad SMARTS) is 1. The first kappa shape index (κ1) is 18.8. The lowest BCUT2D eigenvalue weighted by atomic mass is 10.1. The van der Waals surface area contributed by atoms with E-state index >= 15 is 4.39 Å². The van der Waals surface area contributed by atoms with Crippen LogP contribution in [0.5, 0.6) is 0 Å². The number of aromatic carboxylic acids is 1. The number of carboxylic acids is 1. The van der Waals surface area contributed by atoms with Crippen LogP contribution >= 0.6 is 11.6 Å². The molecule has 1 aromatic heterocycles. The Bertz CT molecular complexity index is 1080. The van der Waals surface area contributed by atoms with Gasteiger partial charge in [-0.2, -0.15) is 0 Å². The summed E-state index contributed by atoms with van der Waals surface area (Å²) < 4.78 is 36.0. The number of morpholine rings is 1. The zero-order chi connectivity index (χ0) is 20.4. The van der Waals surface area contributed by atoms with Crippen LogP contribution in [-0.4, -0.2) is 60.2 Å². The maximum atomic E-state index is 15.1. The molecule has 154 valence electrons. The quantitative estimate of drug-likeness (QED) is 0.782. The maximum absolute atomic E-state index is 15.1. The number of pyridine rings is 1. The van der Waals surface area contributed by atoms with Crippen molar-refractivity contribution < 1.29 is 23.4 Å². The lowest BCUT2D eigenvalue weighted by molar-refractivity contribution is 0.0212. The molecule has 1 saturated carbocycles. The summed E-state index contributed by atoms with van der Waals surface area (Å²) >= 11 is 6.58. The van der Waals surface area contributed by atoms with E-state index in [2.05, 4.69) is 5.32 Å². The van der Waals surface area contributed by atoms with E-state index in [1.807, 2.05) is 0 Å². The average molecular weight is 426 g/mol. The summed E-state index contributed by atoms with van der Waals surface area (Å²) in [7, 11) is 0. The minimum absolute atomic E-state index is 0.0215. The molecule has 2 N–H and O–H groups in total. The van der Waals surface area contributed by atoms with Gasteiger partial charge >= 0.3 is 5.97 Å². The van der Waals surface area contributed by atoms with Gasteiger partial charge in [0.15, 0.2) is 0 Å². The third-order valence-electron chi connectivity index (χ3n) is 5.88. The first-order valence-corrected chi connectivity index (χ1v) is 9.78. The van der Waals surface area contributed by atoms with Crippen LogP contribution in [-0.2, 0) is 4.74 Å². The molecule has 2 aliphatic heterocycles. The zero-order valence-electron chi connectivity index (χ0n) is 15.2. The van der Waals surface area contributed by atoms with Gasteiger partial charge in [-0.05, 0) is 6.07 Å². The van der Waals surface area contributed by atoms with Crippen LogP contribution in [0.4, 0.5) is 14.5 Å². The number of aromatic nitrogens is 1. The minimum Gasteiger partial charge on any atom is -0.477 e. The highest BCUT2D eigenvalue weighted by atomic mass is 35.5. The van der Waals surface area contributed by atoms with Crippen molar-refractivity contribution >= 4 is 34.2 Å². The van der Waals surface area contributed by atoms with Gasteiger partial charge in [-0.1, -0.05) is 11.6 Å². The van der Waals surface area contributed by atoms with E-state index in [1.165, 1.54) is 4.57 Å². The van der Waals surface area contributed by atoms with Crippen LogP contribution in [0, 0.1) is 5.82 Å². The van der Waals surface area contributed by atoms with Crippen molar-refractivity contribution in [1.29, 1.82) is 0 Å². The van der Waals surface area contributed by atoms with Crippen LogP contribution in [0.3, 0.4) is 0 Å². The normalized spacial score (nSPS) is 28.6. The van der Waals surface area contributed by atoms with Crippen molar-refractivity contribution in [3.8, 4) is 0 Å². The number of nitrogens with zero attached hydrogens (tertiary/aromatic N) is 2. The van der Waals surface area contributed by atoms with Gasteiger partial charge in [-0.25, -0.2) is 13.6 Å². The summed E-state index contributed by atoms with van der Waals surface area (Å²) in [5.41, 5.74) is -1.10. The van der Waals surface area contributed by atoms with Crippen molar-refractivity contribution in [2.75, 3.05) is 31.1 Å². The molecule has 0 amide bonds. The molecule has 0 bridgehead atoms. The second kappa shape index (κ2) is 6.65. The van der Waals surface area contributed by atoms with Crippen LogP contribution in [0.1, 0.15) is 22.8 Å². The van der Waals surface area contributed by atoms with Crippen LogP contribution < -0.4 is 15.6 Å².